The highest BCUT2D eigenvalue weighted by Gasteiger charge is 2.69. The highest BCUT2D eigenvalue weighted by atomic mass is 35.5. The number of ether oxygens (including phenoxy) is 2. The van der Waals surface area contributed by atoms with Crippen molar-refractivity contribution in [3.63, 3.8) is 0 Å². The quantitative estimate of drug-likeness (QED) is 0.528. The molecule has 2 saturated heterocycles. The van der Waals surface area contributed by atoms with Crippen molar-refractivity contribution in [1.29, 1.82) is 0 Å². The number of carbonyl (C=O) groups is 2. The minimum Gasteiger partial charge on any atom is -0.469 e. The molecule has 36 heavy (non-hydrogen) atoms. The molecule has 6 nitrogen and oxygen atoms in total. The van der Waals surface area contributed by atoms with Crippen molar-refractivity contribution < 1.29 is 27.8 Å². The van der Waals surface area contributed by atoms with E-state index in [0.29, 0.717) is 0 Å². The van der Waals surface area contributed by atoms with E-state index < -0.39 is 58.3 Å². The van der Waals surface area contributed by atoms with Crippen molar-refractivity contribution in [2.75, 3.05) is 7.11 Å². The van der Waals surface area contributed by atoms with E-state index in [2.05, 4.69) is 0 Å². The Bertz CT molecular complexity index is 1240. The molecule has 0 spiro atoms. The second-order valence-electron chi connectivity index (χ2n) is 10.5. The molecule has 2 aliphatic rings. The smallest absolute Gasteiger partial charge is 0.325 e. The molecule has 0 aliphatic carbocycles. The highest BCUT2D eigenvalue weighted by Crippen LogP contribution is 2.58. The average Bonchev–Trinajstić information content (AvgIpc) is 3.17. The van der Waals surface area contributed by atoms with Crippen LogP contribution in [-0.2, 0) is 24.6 Å². The highest BCUT2D eigenvalue weighted by molar-refractivity contribution is 6.31. The molecular weight excluding hydrogens is 513 g/mol. The summed E-state index contributed by atoms with van der Waals surface area (Å²) in [7, 11) is 1.27. The summed E-state index contributed by atoms with van der Waals surface area (Å²) in [5.74, 6) is -3.74. The Kier molecular flexibility index (Phi) is 6.65. The molecule has 0 amide bonds. The van der Waals surface area contributed by atoms with E-state index in [-0.39, 0.29) is 27.6 Å². The molecule has 0 saturated carbocycles. The molecule has 0 radical (unpaired) electrons. The van der Waals surface area contributed by atoms with Gasteiger partial charge >= 0.3 is 11.9 Å². The van der Waals surface area contributed by atoms with Crippen molar-refractivity contribution in [2.24, 2.45) is 11.1 Å². The first-order chi connectivity index (χ1) is 16.7. The number of halogens is 4. The first kappa shape index (κ1) is 26.8. The van der Waals surface area contributed by atoms with Crippen LogP contribution in [-0.4, -0.2) is 41.8 Å². The van der Waals surface area contributed by atoms with E-state index in [4.69, 9.17) is 38.4 Å². The predicted molar refractivity (Wildman–Crippen MR) is 131 cm³/mol. The van der Waals surface area contributed by atoms with Gasteiger partial charge in [-0.2, -0.15) is 0 Å². The van der Waals surface area contributed by atoms with Gasteiger partial charge in [0.2, 0.25) is 0 Å². The summed E-state index contributed by atoms with van der Waals surface area (Å²) in [4.78, 5) is 27.8. The molecule has 4 unspecified atom stereocenters. The van der Waals surface area contributed by atoms with Crippen LogP contribution in [0.3, 0.4) is 0 Å². The Labute approximate surface area is 218 Å². The maximum absolute atomic E-state index is 15.6. The molecule has 10 heteroatoms. The molecule has 194 valence electrons. The third kappa shape index (κ3) is 3.99. The lowest BCUT2D eigenvalue weighted by molar-refractivity contribution is -0.157. The number of benzene rings is 2. The van der Waals surface area contributed by atoms with Crippen LogP contribution < -0.4 is 5.73 Å². The number of hydrogen-bond donors (Lipinski definition) is 1. The van der Waals surface area contributed by atoms with Gasteiger partial charge in [0.15, 0.2) is 5.72 Å². The summed E-state index contributed by atoms with van der Waals surface area (Å²) in [6, 6.07) is 6.49. The SMILES string of the molecule is COC(=O)C(C)(C)CC1N2C(C(=O)OC2(C)C)C(c2cccc(Cl)c2F)C1(N)c1ccc(Cl)cc1F. The van der Waals surface area contributed by atoms with E-state index in [1.54, 1.807) is 38.7 Å². The zero-order valence-corrected chi connectivity index (χ0v) is 22.1. The first-order valence-corrected chi connectivity index (χ1v) is 12.2. The molecule has 4 rings (SSSR count). The van der Waals surface area contributed by atoms with Crippen LogP contribution in [0.15, 0.2) is 36.4 Å². The van der Waals surface area contributed by atoms with Crippen LogP contribution in [0.2, 0.25) is 10.0 Å². The van der Waals surface area contributed by atoms with Gasteiger partial charge in [-0.25, -0.2) is 13.7 Å². The standard InChI is InChI=1S/C26H28Cl2F2N2O4/c1-24(2,23(34)35-5)12-18-26(31,15-10-9-13(27)11-17(15)29)19(14-7-6-8-16(28)20(14)30)21-22(33)36-25(3,4)32(18)21/h6-11,18-19,21H,12,31H2,1-5H3. The summed E-state index contributed by atoms with van der Waals surface area (Å²) in [5, 5.41) is -0.0167. The fourth-order valence-electron chi connectivity index (χ4n) is 5.86. The van der Waals surface area contributed by atoms with E-state index in [1.807, 2.05) is 0 Å². The zero-order valence-electron chi connectivity index (χ0n) is 20.6. The van der Waals surface area contributed by atoms with Crippen LogP contribution in [0.25, 0.3) is 0 Å². The Hall–Kier alpha value is -2.26. The van der Waals surface area contributed by atoms with Crippen LogP contribution in [0.1, 0.15) is 51.2 Å². The Morgan fingerprint density at radius 2 is 1.89 bits per heavy atom. The van der Waals surface area contributed by atoms with Crippen LogP contribution in [0.4, 0.5) is 8.78 Å². The lowest BCUT2D eigenvalue weighted by Gasteiger charge is -2.44. The first-order valence-electron chi connectivity index (χ1n) is 11.4. The lowest BCUT2D eigenvalue weighted by atomic mass is 9.68. The molecule has 2 aromatic carbocycles. The third-order valence-corrected chi connectivity index (χ3v) is 7.91. The van der Waals surface area contributed by atoms with Crippen molar-refractivity contribution in [2.45, 2.75) is 63.4 Å². The molecular formula is C26H28Cl2F2N2O4. The van der Waals surface area contributed by atoms with Crippen LogP contribution >= 0.6 is 23.2 Å². The number of cyclic esters (lactones) is 1. The summed E-state index contributed by atoms with van der Waals surface area (Å²) in [6.45, 7) is 6.70. The van der Waals surface area contributed by atoms with Gasteiger partial charge in [0.25, 0.3) is 0 Å². The lowest BCUT2D eigenvalue weighted by Crippen LogP contribution is -2.57. The molecule has 2 fully saturated rings. The number of carbonyl (C=O) groups excluding carboxylic acids is 2. The number of nitrogens with two attached hydrogens (primary N) is 1. The maximum atomic E-state index is 15.6. The molecule has 0 bridgehead atoms. The molecule has 2 aromatic rings. The molecule has 4 atom stereocenters. The third-order valence-electron chi connectivity index (χ3n) is 7.39. The minimum absolute atomic E-state index is 0.0277. The Morgan fingerprint density at radius 1 is 1.22 bits per heavy atom. The van der Waals surface area contributed by atoms with Crippen molar-refractivity contribution in [3.8, 4) is 0 Å². The van der Waals surface area contributed by atoms with Gasteiger partial charge in [-0.1, -0.05) is 41.4 Å². The van der Waals surface area contributed by atoms with E-state index in [0.717, 1.165) is 6.07 Å². The van der Waals surface area contributed by atoms with Gasteiger partial charge in [0.05, 0.1) is 23.1 Å². The van der Waals surface area contributed by atoms with Crippen LogP contribution in [0, 0.1) is 17.0 Å². The number of methoxy groups -OCH3 is 1. The minimum atomic E-state index is -1.70. The van der Waals surface area contributed by atoms with Gasteiger partial charge < -0.3 is 15.2 Å². The monoisotopic (exact) mass is 540 g/mol. The number of nitrogens with zero attached hydrogens (tertiary/aromatic N) is 1. The predicted octanol–water partition coefficient (Wildman–Crippen LogP) is 5.14. The number of rotatable bonds is 5. The Balaban J connectivity index is 2.06. The number of hydrogen-bond acceptors (Lipinski definition) is 6. The van der Waals surface area contributed by atoms with Crippen molar-refractivity contribution >= 4 is 35.1 Å². The largest absolute Gasteiger partial charge is 0.469 e. The topological polar surface area (TPSA) is 81.9 Å². The van der Waals surface area contributed by atoms with Gasteiger partial charge in [-0.3, -0.25) is 9.59 Å². The summed E-state index contributed by atoms with van der Waals surface area (Å²) < 4.78 is 41.9. The fourth-order valence-corrected chi connectivity index (χ4v) is 6.20. The second kappa shape index (κ2) is 8.94. The summed E-state index contributed by atoms with van der Waals surface area (Å²) in [5.41, 5.74) is 3.29. The summed E-state index contributed by atoms with van der Waals surface area (Å²) >= 11 is 12.2. The summed E-state index contributed by atoms with van der Waals surface area (Å²) in [6.07, 6.45) is 0.0491. The number of esters is 2. The Morgan fingerprint density at radius 3 is 2.50 bits per heavy atom. The van der Waals surface area contributed by atoms with Gasteiger partial charge in [0.1, 0.15) is 17.7 Å². The van der Waals surface area contributed by atoms with Crippen LogP contribution in [0.5, 0.6) is 0 Å². The van der Waals surface area contributed by atoms with Gasteiger partial charge in [-0.05, 0) is 57.9 Å². The molecule has 2 aliphatic heterocycles. The normalized spacial score (nSPS) is 27.6. The maximum Gasteiger partial charge on any atom is 0.325 e. The molecule has 0 aromatic heterocycles. The average molecular weight is 541 g/mol. The zero-order chi connectivity index (χ0) is 26.8. The fraction of sp³-hybridized carbons (Fsp3) is 0.462. The number of fused-ring (bicyclic) bond motifs is 1. The van der Waals surface area contributed by atoms with Crippen molar-refractivity contribution in [1.82, 2.24) is 4.90 Å². The van der Waals surface area contributed by atoms with Gasteiger partial charge in [-0.15, -0.1) is 0 Å². The molecule has 2 N–H and O–H groups in total. The molecule has 2 heterocycles. The van der Waals surface area contributed by atoms with E-state index >= 15 is 8.78 Å². The van der Waals surface area contributed by atoms with E-state index in [1.165, 1.54) is 31.4 Å². The van der Waals surface area contributed by atoms with E-state index in [9.17, 15) is 9.59 Å². The van der Waals surface area contributed by atoms with Gasteiger partial charge in [0, 0.05) is 22.5 Å². The second-order valence-corrected chi connectivity index (χ2v) is 11.3. The van der Waals surface area contributed by atoms with Crippen molar-refractivity contribution in [3.05, 3.63) is 69.2 Å².